The van der Waals surface area contributed by atoms with Crippen LogP contribution in [0.1, 0.15) is 11.1 Å². The van der Waals surface area contributed by atoms with Gasteiger partial charge in [-0.3, -0.25) is 0 Å². The normalized spacial score (nSPS) is 13.8. The molecule has 0 aliphatic rings. The lowest BCUT2D eigenvalue weighted by molar-refractivity contribution is 0.353. The van der Waals surface area contributed by atoms with Gasteiger partial charge in [-0.15, -0.1) is 0 Å². The molecule has 0 aromatic heterocycles. The largest absolute Gasteiger partial charge is 0.308 e. The summed E-state index contributed by atoms with van der Waals surface area (Å²) in [5, 5.41) is 0. The lowest BCUT2D eigenvalue weighted by Gasteiger charge is -2.31. The molecular formula is C20H15F5N2O2S. The Balaban J connectivity index is 2.14. The summed E-state index contributed by atoms with van der Waals surface area (Å²) < 4.78 is 96.1. The molecule has 4 nitrogen and oxygen atoms in total. The van der Waals surface area contributed by atoms with Gasteiger partial charge >= 0.3 is 0 Å². The lowest BCUT2D eigenvalue weighted by Crippen LogP contribution is -2.54. The van der Waals surface area contributed by atoms with E-state index in [0.29, 0.717) is 5.56 Å². The van der Waals surface area contributed by atoms with Gasteiger partial charge < -0.3 is 5.73 Å². The maximum Gasteiger partial charge on any atom is 0.248 e. The Kier molecular flexibility index (Phi) is 5.93. The number of hydrogen-bond acceptors (Lipinski definition) is 3. The van der Waals surface area contributed by atoms with E-state index in [1.807, 2.05) is 4.72 Å². The molecule has 0 spiro atoms. The number of rotatable bonds is 6. The fraction of sp³-hybridized carbons (Fsp3) is 0.100. The smallest absolute Gasteiger partial charge is 0.248 e. The van der Waals surface area contributed by atoms with E-state index in [9.17, 15) is 30.4 Å². The van der Waals surface area contributed by atoms with Crippen LogP contribution in [0, 0.1) is 29.1 Å². The van der Waals surface area contributed by atoms with Gasteiger partial charge in [0.25, 0.3) is 0 Å². The molecule has 0 fully saturated rings. The first-order valence-corrected chi connectivity index (χ1v) is 9.99. The van der Waals surface area contributed by atoms with Gasteiger partial charge in [0.2, 0.25) is 15.8 Å². The molecule has 0 bridgehead atoms. The Labute approximate surface area is 169 Å². The molecule has 1 atom stereocenters. The summed E-state index contributed by atoms with van der Waals surface area (Å²) in [6, 6.07) is 16.0. The summed E-state index contributed by atoms with van der Waals surface area (Å²) in [5.41, 5.74) is 5.10. The molecule has 0 saturated carbocycles. The van der Waals surface area contributed by atoms with Gasteiger partial charge in [0.05, 0.1) is 0 Å². The molecule has 0 saturated heterocycles. The average Bonchev–Trinajstić information content (AvgIpc) is 2.71. The third kappa shape index (κ3) is 4.07. The fourth-order valence-corrected chi connectivity index (χ4v) is 4.38. The minimum Gasteiger partial charge on any atom is -0.308 e. The second-order valence-corrected chi connectivity index (χ2v) is 8.12. The zero-order valence-electron chi connectivity index (χ0n) is 15.2. The summed E-state index contributed by atoms with van der Waals surface area (Å²) in [5.74, 6) is -12.2. The highest BCUT2D eigenvalue weighted by Crippen LogP contribution is 2.29. The molecule has 3 rings (SSSR count). The van der Waals surface area contributed by atoms with Crippen molar-refractivity contribution in [1.29, 1.82) is 0 Å². The van der Waals surface area contributed by atoms with Crippen LogP contribution in [0.15, 0.2) is 65.6 Å². The molecule has 3 N–H and O–H groups in total. The highest BCUT2D eigenvalue weighted by molar-refractivity contribution is 7.89. The van der Waals surface area contributed by atoms with Crippen LogP contribution in [0.5, 0.6) is 0 Å². The van der Waals surface area contributed by atoms with E-state index in [1.165, 1.54) is 12.1 Å². The van der Waals surface area contributed by atoms with Crippen molar-refractivity contribution in [3.8, 4) is 0 Å². The summed E-state index contributed by atoms with van der Waals surface area (Å²) in [6.07, 6.45) is -0.174. The molecular weight excluding hydrogens is 427 g/mol. The van der Waals surface area contributed by atoms with Crippen molar-refractivity contribution in [1.82, 2.24) is 4.72 Å². The highest BCUT2D eigenvalue weighted by atomic mass is 32.2. The number of benzene rings is 3. The standard InChI is InChI=1S/C20H15F5N2O2S/c21-14-15(22)17(24)19(18(25)16(14)23)30(28,29)27-20(26,13-9-5-2-6-10-13)11-12-7-3-1-4-8-12/h1-10,27H,11,26H2/t20-/m1/s1. The van der Waals surface area contributed by atoms with Gasteiger partial charge in [-0.2, -0.15) is 4.72 Å². The predicted octanol–water partition coefficient (Wildman–Crippen LogP) is 3.71. The number of sulfonamides is 1. The summed E-state index contributed by atoms with van der Waals surface area (Å²) in [6.45, 7) is 0. The van der Waals surface area contributed by atoms with Crippen molar-refractivity contribution in [2.45, 2.75) is 17.0 Å². The van der Waals surface area contributed by atoms with E-state index in [2.05, 4.69) is 0 Å². The third-order valence-corrected chi connectivity index (χ3v) is 5.90. The number of hydrogen-bond donors (Lipinski definition) is 2. The highest BCUT2D eigenvalue weighted by Gasteiger charge is 2.39. The van der Waals surface area contributed by atoms with Gasteiger partial charge in [0.1, 0.15) is 5.66 Å². The van der Waals surface area contributed by atoms with Crippen LogP contribution >= 0.6 is 0 Å². The SMILES string of the molecule is N[C@](Cc1ccccc1)(NS(=O)(=O)c1c(F)c(F)c(F)c(F)c1F)c1ccccc1. The van der Waals surface area contributed by atoms with Crippen LogP contribution in [-0.2, 0) is 22.1 Å². The molecule has 30 heavy (non-hydrogen) atoms. The number of nitrogens with one attached hydrogen (secondary N) is 1. The predicted molar refractivity (Wildman–Crippen MR) is 99.0 cm³/mol. The number of halogens is 5. The summed E-state index contributed by atoms with van der Waals surface area (Å²) >= 11 is 0. The Morgan fingerprint density at radius 1 is 0.733 bits per heavy atom. The molecule has 0 amide bonds. The van der Waals surface area contributed by atoms with Crippen LogP contribution in [0.25, 0.3) is 0 Å². The molecule has 10 heteroatoms. The maximum atomic E-state index is 14.1. The molecule has 3 aromatic rings. The third-order valence-electron chi connectivity index (χ3n) is 4.37. The monoisotopic (exact) mass is 442 g/mol. The van der Waals surface area contributed by atoms with Gasteiger partial charge in [0, 0.05) is 6.42 Å². The van der Waals surface area contributed by atoms with E-state index < -0.39 is 49.7 Å². The zero-order valence-corrected chi connectivity index (χ0v) is 16.0. The van der Waals surface area contributed by atoms with Gasteiger partial charge in [-0.1, -0.05) is 60.7 Å². The van der Waals surface area contributed by atoms with Crippen LogP contribution in [0.4, 0.5) is 22.0 Å². The van der Waals surface area contributed by atoms with Crippen molar-refractivity contribution in [2.75, 3.05) is 0 Å². The van der Waals surface area contributed by atoms with E-state index in [-0.39, 0.29) is 12.0 Å². The van der Waals surface area contributed by atoms with Gasteiger partial charge in [-0.05, 0) is 11.1 Å². The molecule has 0 aliphatic heterocycles. The first-order valence-electron chi connectivity index (χ1n) is 8.50. The second kappa shape index (κ2) is 8.13. The lowest BCUT2D eigenvalue weighted by atomic mass is 9.94. The molecule has 0 unspecified atom stereocenters. The van der Waals surface area contributed by atoms with E-state index >= 15 is 0 Å². The Bertz CT molecular complexity index is 1150. The van der Waals surface area contributed by atoms with Crippen LogP contribution in [0.2, 0.25) is 0 Å². The maximum absolute atomic E-state index is 14.1. The first-order chi connectivity index (χ1) is 14.1. The van der Waals surface area contributed by atoms with E-state index in [1.54, 1.807) is 48.5 Å². The van der Waals surface area contributed by atoms with Crippen molar-refractivity contribution < 1.29 is 30.4 Å². The van der Waals surface area contributed by atoms with Crippen molar-refractivity contribution >= 4 is 10.0 Å². The summed E-state index contributed by atoms with van der Waals surface area (Å²) in [4.78, 5) is -2.00. The molecule has 3 aromatic carbocycles. The summed E-state index contributed by atoms with van der Waals surface area (Å²) in [7, 11) is -5.28. The van der Waals surface area contributed by atoms with Gasteiger partial charge in [-0.25, -0.2) is 30.4 Å². The number of nitrogens with two attached hydrogens (primary N) is 1. The fourth-order valence-electron chi connectivity index (χ4n) is 2.96. The van der Waals surface area contributed by atoms with E-state index in [4.69, 9.17) is 5.73 Å². The minimum absolute atomic E-state index is 0.174. The van der Waals surface area contributed by atoms with Crippen LogP contribution < -0.4 is 10.5 Å². The van der Waals surface area contributed by atoms with Crippen molar-refractivity contribution in [3.05, 3.63) is 101 Å². The zero-order chi connectivity index (χ0) is 22.1. The molecule has 0 heterocycles. The second-order valence-electron chi connectivity index (χ2n) is 6.50. The molecule has 0 aliphatic carbocycles. The van der Waals surface area contributed by atoms with Crippen LogP contribution in [0.3, 0.4) is 0 Å². The Morgan fingerprint density at radius 3 is 1.67 bits per heavy atom. The quantitative estimate of drug-likeness (QED) is 0.265. The molecule has 0 radical (unpaired) electrons. The van der Waals surface area contributed by atoms with Gasteiger partial charge in [0.15, 0.2) is 28.2 Å². The van der Waals surface area contributed by atoms with E-state index in [0.717, 1.165) is 0 Å². The van der Waals surface area contributed by atoms with Crippen molar-refractivity contribution in [2.24, 2.45) is 5.73 Å². The van der Waals surface area contributed by atoms with Crippen LogP contribution in [-0.4, -0.2) is 8.42 Å². The Morgan fingerprint density at radius 2 is 1.17 bits per heavy atom. The first kappa shape index (κ1) is 21.9. The molecule has 158 valence electrons. The Hall–Kier alpha value is -2.82. The minimum atomic E-state index is -5.28. The topological polar surface area (TPSA) is 72.2 Å². The van der Waals surface area contributed by atoms with Crippen molar-refractivity contribution in [3.63, 3.8) is 0 Å². The average molecular weight is 442 g/mol.